The lowest BCUT2D eigenvalue weighted by atomic mass is 10.2. The van der Waals surface area contributed by atoms with Crippen LogP contribution in [-0.4, -0.2) is 15.7 Å². The van der Waals surface area contributed by atoms with E-state index in [1.54, 1.807) is 11.3 Å². The number of aldehydes is 1. The van der Waals surface area contributed by atoms with Gasteiger partial charge in [-0.05, 0) is 20.3 Å². The van der Waals surface area contributed by atoms with Gasteiger partial charge in [-0.3, -0.25) is 4.40 Å². The van der Waals surface area contributed by atoms with Crippen LogP contribution in [0.5, 0.6) is 0 Å². The molecule has 0 aromatic carbocycles. The van der Waals surface area contributed by atoms with Gasteiger partial charge in [-0.1, -0.05) is 0 Å². The maximum absolute atomic E-state index is 10.3. The van der Waals surface area contributed by atoms with E-state index in [2.05, 4.69) is 21.7 Å². The first kappa shape index (κ1) is 9.40. The molecule has 0 atom stereocenters. The quantitative estimate of drug-likeness (QED) is 0.724. The fraction of sp³-hybridized carbons (Fsp3) is 0.400. The van der Waals surface area contributed by atoms with Gasteiger partial charge in [-0.15, -0.1) is 11.3 Å². The number of hydrogen-bond acceptors (Lipinski definition) is 3. The SMILES string of the molecule is Cc1nc2scc(C)n2c1CCC=O. The maximum atomic E-state index is 10.3. The molecule has 2 aromatic rings. The Hall–Kier alpha value is -1.16. The zero-order chi connectivity index (χ0) is 10.1. The standard InChI is InChI=1S/C10H12N2OS/c1-7-6-14-10-11-8(2)9(12(7)10)4-3-5-13/h5-6H,3-4H2,1-2H3. The van der Waals surface area contributed by atoms with Crippen molar-refractivity contribution in [1.82, 2.24) is 9.38 Å². The minimum absolute atomic E-state index is 0.573. The van der Waals surface area contributed by atoms with Gasteiger partial charge < -0.3 is 4.79 Å². The molecular weight excluding hydrogens is 196 g/mol. The van der Waals surface area contributed by atoms with Crippen LogP contribution in [0.15, 0.2) is 5.38 Å². The predicted octanol–water partition coefficient (Wildman–Crippen LogP) is 2.14. The summed E-state index contributed by atoms with van der Waals surface area (Å²) in [6.07, 6.45) is 2.32. The molecule has 0 saturated carbocycles. The highest BCUT2D eigenvalue weighted by atomic mass is 32.1. The number of aromatic nitrogens is 2. The van der Waals surface area contributed by atoms with Gasteiger partial charge in [-0.2, -0.15) is 0 Å². The van der Waals surface area contributed by atoms with Crippen LogP contribution in [0.4, 0.5) is 0 Å². The zero-order valence-corrected chi connectivity index (χ0v) is 9.10. The third-order valence-electron chi connectivity index (χ3n) is 2.33. The molecule has 0 aliphatic rings. The van der Waals surface area contributed by atoms with Gasteiger partial charge in [0.05, 0.1) is 5.69 Å². The number of hydrogen-bond donors (Lipinski definition) is 0. The van der Waals surface area contributed by atoms with Crippen molar-refractivity contribution < 1.29 is 4.79 Å². The van der Waals surface area contributed by atoms with Gasteiger partial charge in [-0.25, -0.2) is 4.98 Å². The number of rotatable bonds is 3. The van der Waals surface area contributed by atoms with E-state index in [-0.39, 0.29) is 0 Å². The Morgan fingerprint density at radius 1 is 1.57 bits per heavy atom. The molecule has 0 aliphatic heterocycles. The second kappa shape index (κ2) is 3.53. The van der Waals surface area contributed by atoms with Crippen molar-refractivity contribution in [2.24, 2.45) is 0 Å². The van der Waals surface area contributed by atoms with Crippen LogP contribution >= 0.6 is 11.3 Å². The first-order valence-electron chi connectivity index (χ1n) is 4.59. The maximum Gasteiger partial charge on any atom is 0.194 e. The van der Waals surface area contributed by atoms with Crippen LogP contribution < -0.4 is 0 Å². The van der Waals surface area contributed by atoms with Crippen molar-refractivity contribution in [2.75, 3.05) is 0 Å². The number of carbonyl (C=O) groups is 1. The van der Waals surface area contributed by atoms with E-state index in [1.165, 1.54) is 11.4 Å². The van der Waals surface area contributed by atoms with Crippen LogP contribution in [-0.2, 0) is 11.2 Å². The summed E-state index contributed by atoms with van der Waals surface area (Å²) in [5.74, 6) is 0. The number of nitrogens with zero attached hydrogens (tertiary/aromatic N) is 2. The van der Waals surface area contributed by atoms with Crippen LogP contribution in [0, 0.1) is 13.8 Å². The number of fused-ring (bicyclic) bond motifs is 1. The van der Waals surface area contributed by atoms with Gasteiger partial charge in [0, 0.05) is 23.2 Å². The third kappa shape index (κ3) is 1.35. The van der Waals surface area contributed by atoms with Gasteiger partial charge in [0.25, 0.3) is 0 Å². The number of imidazole rings is 1. The van der Waals surface area contributed by atoms with E-state index < -0.39 is 0 Å². The van der Waals surface area contributed by atoms with E-state index in [0.29, 0.717) is 6.42 Å². The molecule has 2 heterocycles. The van der Waals surface area contributed by atoms with Crippen molar-refractivity contribution >= 4 is 22.6 Å². The molecule has 0 N–H and O–H groups in total. The lowest BCUT2D eigenvalue weighted by Gasteiger charge is -1.99. The highest BCUT2D eigenvalue weighted by molar-refractivity contribution is 7.15. The van der Waals surface area contributed by atoms with Crippen molar-refractivity contribution in [3.8, 4) is 0 Å². The molecule has 0 fully saturated rings. The first-order valence-corrected chi connectivity index (χ1v) is 5.47. The predicted molar refractivity (Wildman–Crippen MR) is 56.9 cm³/mol. The molecule has 0 saturated heterocycles. The number of thiazole rings is 1. The molecule has 0 amide bonds. The Morgan fingerprint density at radius 3 is 3.07 bits per heavy atom. The molecule has 0 aliphatic carbocycles. The Kier molecular flexibility index (Phi) is 2.37. The Morgan fingerprint density at radius 2 is 2.36 bits per heavy atom. The summed E-state index contributed by atoms with van der Waals surface area (Å²) in [5.41, 5.74) is 3.42. The molecule has 3 nitrogen and oxygen atoms in total. The van der Waals surface area contributed by atoms with Gasteiger partial charge >= 0.3 is 0 Å². The molecule has 0 radical (unpaired) electrons. The summed E-state index contributed by atoms with van der Waals surface area (Å²) in [6.45, 7) is 4.06. The van der Waals surface area contributed by atoms with Crippen molar-refractivity contribution in [3.05, 3.63) is 22.5 Å². The monoisotopic (exact) mass is 208 g/mol. The van der Waals surface area contributed by atoms with Gasteiger partial charge in [0.2, 0.25) is 0 Å². The second-order valence-electron chi connectivity index (χ2n) is 3.34. The van der Waals surface area contributed by atoms with Crippen LogP contribution in [0.25, 0.3) is 4.96 Å². The normalized spacial score (nSPS) is 11.0. The molecule has 0 bridgehead atoms. The molecule has 2 rings (SSSR count). The number of aryl methyl sites for hydroxylation is 3. The highest BCUT2D eigenvalue weighted by Crippen LogP contribution is 2.21. The average Bonchev–Trinajstić information content (AvgIpc) is 2.64. The van der Waals surface area contributed by atoms with Crippen molar-refractivity contribution in [2.45, 2.75) is 26.7 Å². The third-order valence-corrected chi connectivity index (χ3v) is 3.27. The highest BCUT2D eigenvalue weighted by Gasteiger charge is 2.10. The summed E-state index contributed by atoms with van der Waals surface area (Å²) >= 11 is 1.65. The van der Waals surface area contributed by atoms with Crippen molar-refractivity contribution in [3.63, 3.8) is 0 Å². The average molecular weight is 208 g/mol. The Labute approximate surface area is 86.4 Å². The fourth-order valence-electron chi connectivity index (χ4n) is 1.66. The Balaban J connectivity index is 2.53. The zero-order valence-electron chi connectivity index (χ0n) is 8.28. The lowest BCUT2D eigenvalue weighted by molar-refractivity contribution is -0.107. The summed E-state index contributed by atoms with van der Waals surface area (Å²) in [4.78, 5) is 15.8. The molecule has 14 heavy (non-hydrogen) atoms. The lowest BCUT2D eigenvalue weighted by Crippen LogP contribution is -1.96. The van der Waals surface area contributed by atoms with Crippen LogP contribution in [0.2, 0.25) is 0 Å². The van der Waals surface area contributed by atoms with Crippen molar-refractivity contribution in [1.29, 1.82) is 0 Å². The second-order valence-corrected chi connectivity index (χ2v) is 4.18. The summed E-state index contributed by atoms with van der Waals surface area (Å²) in [7, 11) is 0. The smallest absolute Gasteiger partial charge is 0.194 e. The largest absolute Gasteiger partial charge is 0.303 e. The van der Waals surface area contributed by atoms with E-state index in [4.69, 9.17) is 0 Å². The molecular formula is C10H12N2OS. The number of carbonyl (C=O) groups excluding carboxylic acids is 1. The molecule has 0 unspecified atom stereocenters. The van der Waals surface area contributed by atoms with Crippen LogP contribution in [0.1, 0.15) is 23.5 Å². The van der Waals surface area contributed by atoms with E-state index in [9.17, 15) is 4.79 Å². The summed E-state index contributed by atoms with van der Waals surface area (Å²) < 4.78 is 2.14. The van der Waals surface area contributed by atoms with E-state index >= 15 is 0 Å². The minimum Gasteiger partial charge on any atom is -0.303 e. The van der Waals surface area contributed by atoms with Gasteiger partial charge in [0.15, 0.2) is 4.96 Å². The van der Waals surface area contributed by atoms with Gasteiger partial charge in [0.1, 0.15) is 6.29 Å². The van der Waals surface area contributed by atoms with E-state index in [1.807, 2.05) is 6.92 Å². The molecule has 74 valence electrons. The summed E-state index contributed by atoms with van der Waals surface area (Å²) in [5, 5.41) is 2.09. The topological polar surface area (TPSA) is 34.4 Å². The molecule has 4 heteroatoms. The van der Waals surface area contributed by atoms with E-state index in [0.717, 1.165) is 23.4 Å². The molecule has 2 aromatic heterocycles. The summed E-state index contributed by atoms with van der Waals surface area (Å²) in [6, 6.07) is 0. The van der Waals surface area contributed by atoms with Crippen LogP contribution in [0.3, 0.4) is 0 Å². The molecule has 0 spiro atoms. The first-order chi connectivity index (χ1) is 6.74. The Bertz CT molecular complexity index is 470. The minimum atomic E-state index is 0.573. The fourth-order valence-corrected chi connectivity index (χ4v) is 2.59.